The fourth-order valence-corrected chi connectivity index (χ4v) is 2.34. The van der Waals surface area contributed by atoms with Gasteiger partial charge in [0.2, 0.25) is 0 Å². The zero-order valence-corrected chi connectivity index (χ0v) is 9.83. The minimum atomic E-state index is -1.02. The van der Waals surface area contributed by atoms with Gasteiger partial charge < -0.3 is 15.9 Å². The Morgan fingerprint density at radius 1 is 1.56 bits per heavy atom. The van der Waals surface area contributed by atoms with E-state index in [1.54, 1.807) is 12.1 Å². The summed E-state index contributed by atoms with van der Waals surface area (Å²) in [4.78, 5) is 11.6. The van der Waals surface area contributed by atoms with E-state index in [2.05, 4.69) is 0 Å². The monoisotopic (exact) mass is 241 g/mol. The molecule has 1 atom stereocenters. The maximum Gasteiger partial charge on any atom is 0.337 e. The highest BCUT2D eigenvalue weighted by atomic mass is 32.2. The largest absolute Gasteiger partial charge is 0.478 e. The number of benzene rings is 1. The summed E-state index contributed by atoms with van der Waals surface area (Å²) in [7, 11) is 0. The first-order valence-electron chi connectivity index (χ1n) is 4.95. The van der Waals surface area contributed by atoms with Crippen molar-refractivity contribution in [2.24, 2.45) is 0 Å². The highest BCUT2D eigenvalue weighted by Gasteiger charge is 2.13. The summed E-state index contributed by atoms with van der Waals surface area (Å²) in [5.74, 6) is -1.02. The molecule has 0 saturated carbocycles. The second kappa shape index (κ2) is 5.77. The van der Waals surface area contributed by atoms with Crippen LogP contribution >= 0.6 is 11.8 Å². The third-order valence-electron chi connectivity index (χ3n) is 2.16. The van der Waals surface area contributed by atoms with Crippen molar-refractivity contribution < 1.29 is 15.0 Å². The summed E-state index contributed by atoms with van der Waals surface area (Å²) in [6, 6.07) is 4.95. The number of nitrogen functional groups attached to an aromatic ring is 1. The standard InChI is InChI=1S/C11H15NO3S/c1-7(5-6-13)16-9-4-2-3-8(10(9)12)11(14)15/h2-4,7,13H,5-6,12H2,1H3,(H,14,15). The zero-order chi connectivity index (χ0) is 12.1. The molecular formula is C11H15NO3S. The van der Waals surface area contributed by atoms with Crippen LogP contribution in [-0.2, 0) is 0 Å². The van der Waals surface area contributed by atoms with E-state index in [0.29, 0.717) is 12.1 Å². The summed E-state index contributed by atoms with van der Waals surface area (Å²) in [5, 5.41) is 17.9. The molecule has 1 rings (SSSR count). The summed E-state index contributed by atoms with van der Waals surface area (Å²) in [6.07, 6.45) is 0.654. The van der Waals surface area contributed by atoms with Crippen molar-refractivity contribution >= 4 is 23.4 Å². The molecule has 0 aliphatic heterocycles. The number of aromatic carboxylic acids is 1. The van der Waals surface area contributed by atoms with E-state index in [-0.39, 0.29) is 17.4 Å². The number of carboxylic acid groups (broad SMARTS) is 1. The molecule has 4 nitrogen and oxygen atoms in total. The number of aliphatic hydroxyl groups excluding tert-OH is 1. The molecule has 5 heteroatoms. The van der Waals surface area contributed by atoms with Gasteiger partial charge in [0.05, 0.1) is 11.3 Å². The smallest absolute Gasteiger partial charge is 0.337 e. The molecule has 0 bridgehead atoms. The van der Waals surface area contributed by atoms with Gasteiger partial charge in [0, 0.05) is 16.8 Å². The third-order valence-corrected chi connectivity index (χ3v) is 3.41. The fraction of sp³-hybridized carbons (Fsp3) is 0.364. The van der Waals surface area contributed by atoms with E-state index in [1.165, 1.54) is 17.8 Å². The molecule has 0 aliphatic rings. The van der Waals surface area contributed by atoms with Gasteiger partial charge in [-0.1, -0.05) is 13.0 Å². The Morgan fingerprint density at radius 3 is 2.81 bits per heavy atom. The third kappa shape index (κ3) is 3.15. The highest BCUT2D eigenvalue weighted by molar-refractivity contribution is 8.00. The Balaban J connectivity index is 2.89. The Bertz CT molecular complexity index is 381. The van der Waals surface area contributed by atoms with Crippen molar-refractivity contribution in [3.63, 3.8) is 0 Å². The molecule has 0 saturated heterocycles. The lowest BCUT2D eigenvalue weighted by Crippen LogP contribution is -2.05. The van der Waals surface area contributed by atoms with Crippen LogP contribution in [0.25, 0.3) is 0 Å². The number of hydrogen-bond donors (Lipinski definition) is 3. The average molecular weight is 241 g/mol. The van der Waals surface area contributed by atoms with Gasteiger partial charge in [-0.3, -0.25) is 0 Å². The lowest BCUT2D eigenvalue weighted by Gasteiger charge is -2.12. The van der Waals surface area contributed by atoms with Gasteiger partial charge >= 0.3 is 5.97 Å². The normalized spacial score (nSPS) is 12.4. The van der Waals surface area contributed by atoms with Crippen LogP contribution in [0.15, 0.2) is 23.1 Å². The lowest BCUT2D eigenvalue weighted by atomic mass is 10.2. The van der Waals surface area contributed by atoms with Crippen molar-refractivity contribution in [2.45, 2.75) is 23.5 Å². The van der Waals surface area contributed by atoms with Crippen LogP contribution in [0, 0.1) is 0 Å². The Hall–Kier alpha value is -1.20. The fourth-order valence-electron chi connectivity index (χ4n) is 1.29. The number of aliphatic hydroxyl groups is 1. The molecule has 0 aromatic heterocycles. The molecule has 0 spiro atoms. The van der Waals surface area contributed by atoms with Crippen LogP contribution in [-0.4, -0.2) is 28.0 Å². The van der Waals surface area contributed by atoms with Crippen LogP contribution in [0.1, 0.15) is 23.7 Å². The first kappa shape index (κ1) is 12.9. The van der Waals surface area contributed by atoms with Crippen LogP contribution < -0.4 is 5.73 Å². The average Bonchev–Trinajstić information content (AvgIpc) is 2.21. The molecule has 0 amide bonds. The number of rotatable bonds is 5. The minimum Gasteiger partial charge on any atom is -0.478 e. The number of carboxylic acids is 1. The topological polar surface area (TPSA) is 83.5 Å². The molecule has 4 N–H and O–H groups in total. The Morgan fingerprint density at radius 2 is 2.25 bits per heavy atom. The van der Waals surface area contributed by atoms with Gasteiger partial charge in [-0.15, -0.1) is 11.8 Å². The molecule has 1 aromatic carbocycles. The lowest BCUT2D eigenvalue weighted by molar-refractivity contribution is 0.0698. The predicted molar refractivity (Wildman–Crippen MR) is 64.8 cm³/mol. The minimum absolute atomic E-state index is 0.118. The van der Waals surface area contributed by atoms with E-state index in [4.69, 9.17) is 15.9 Å². The number of thioether (sulfide) groups is 1. The first-order valence-corrected chi connectivity index (χ1v) is 5.83. The van der Waals surface area contributed by atoms with E-state index in [9.17, 15) is 4.79 Å². The van der Waals surface area contributed by atoms with Gasteiger partial charge in [-0.25, -0.2) is 4.79 Å². The molecule has 1 aromatic rings. The maximum atomic E-state index is 10.9. The van der Waals surface area contributed by atoms with Crippen molar-refractivity contribution in [1.29, 1.82) is 0 Å². The van der Waals surface area contributed by atoms with Gasteiger partial charge in [0.15, 0.2) is 0 Å². The van der Waals surface area contributed by atoms with E-state index in [0.717, 1.165) is 4.90 Å². The van der Waals surface area contributed by atoms with Crippen LogP contribution in [0.3, 0.4) is 0 Å². The molecular weight excluding hydrogens is 226 g/mol. The molecule has 88 valence electrons. The summed E-state index contributed by atoms with van der Waals surface area (Å²) in [5.41, 5.74) is 6.19. The molecule has 0 heterocycles. The van der Waals surface area contributed by atoms with E-state index >= 15 is 0 Å². The second-order valence-corrected chi connectivity index (χ2v) is 4.94. The summed E-state index contributed by atoms with van der Waals surface area (Å²) >= 11 is 1.48. The molecule has 16 heavy (non-hydrogen) atoms. The molecule has 0 radical (unpaired) electrons. The van der Waals surface area contributed by atoms with Crippen LogP contribution in [0.5, 0.6) is 0 Å². The quantitative estimate of drug-likeness (QED) is 0.541. The van der Waals surface area contributed by atoms with Gasteiger partial charge in [0.1, 0.15) is 0 Å². The van der Waals surface area contributed by atoms with Crippen LogP contribution in [0.4, 0.5) is 5.69 Å². The number of para-hydroxylation sites is 1. The molecule has 1 unspecified atom stereocenters. The second-order valence-electron chi connectivity index (χ2n) is 3.46. The Labute approximate surface area is 98.5 Å². The number of carbonyl (C=O) groups is 1. The Kier molecular flexibility index (Phi) is 4.64. The summed E-state index contributed by atoms with van der Waals surface area (Å²) in [6.45, 7) is 2.08. The van der Waals surface area contributed by atoms with Crippen molar-refractivity contribution in [1.82, 2.24) is 0 Å². The van der Waals surface area contributed by atoms with Gasteiger partial charge in [-0.05, 0) is 18.6 Å². The van der Waals surface area contributed by atoms with Gasteiger partial charge in [-0.2, -0.15) is 0 Å². The van der Waals surface area contributed by atoms with Crippen LogP contribution in [0.2, 0.25) is 0 Å². The maximum absolute atomic E-state index is 10.9. The summed E-state index contributed by atoms with van der Waals surface area (Å²) < 4.78 is 0. The number of nitrogens with two attached hydrogens (primary N) is 1. The van der Waals surface area contributed by atoms with Crippen molar-refractivity contribution in [3.8, 4) is 0 Å². The number of anilines is 1. The molecule has 0 fully saturated rings. The SMILES string of the molecule is CC(CCO)Sc1cccc(C(=O)O)c1N. The van der Waals surface area contributed by atoms with Crippen molar-refractivity contribution in [3.05, 3.63) is 23.8 Å². The van der Waals surface area contributed by atoms with E-state index in [1.807, 2.05) is 6.92 Å². The number of hydrogen-bond acceptors (Lipinski definition) is 4. The van der Waals surface area contributed by atoms with Crippen molar-refractivity contribution in [2.75, 3.05) is 12.3 Å². The van der Waals surface area contributed by atoms with Gasteiger partial charge in [0.25, 0.3) is 0 Å². The zero-order valence-electron chi connectivity index (χ0n) is 9.01. The first-order chi connectivity index (χ1) is 7.56. The predicted octanol–water partition coefficient (Wildman–Crippen LogP) is 1.83. The molecule has 0 aliphatic carbocycles. The van der Waals surface area contributed by atoms with E-state index < -0.39 is 5.97 Å². The highest BCUT2D eigenvalue weighted by Crippen LogP contribution is 2.31.